The fraction of sp³-hybridized carbons (Fsp3) is 0.250. The van der Waals surface area contributed by atoms with Crippen molar-refractivity contribution >= 4 is 17.3 Å². The predicted molar refractivity (Wildman–Crippen MR) is 81.1 cm³/mol. The van der Waals surface area contributed by atoms with E-state index in [1.54, 1.807) is 0 Å². The number of anilines is 1. The zero-order chi connectivity index (χ0) is 13.7. The van der Waals surface area contributed by atoms with Crippen molar-refractivity contribution in [1.29, 1.82) is 0 Å². The molecular formula is C16H18ClNO. The first-order valence-corrected chi connectivity index (χ1v) is 6.78. The summed E-state index contributed by atoms with van der Waals surface area (Å²) < 4.78 is 5.41. The molecule has 19 heavy (non-hydrogen) atoms. The Bertz CT molecular complexity index is 537. The third kappa shape index (κ3) is 3.90. The molecule has 0 spiro atoms. The molecule has 2 aromatic rings. The van der Waals surface area contributed by atoms with Crippen molar-refractivity contribution in [3.05, 3.63) is 58.6 Å². The largest absolute Gasteiger partial charge is 0.492 e. The number of hydrogen-bond donors (Lipinski definition) is 1. The van der Waals surface area contributed by atoms with Crippen molar-refractivity contribution in [2.75, 3.05) is 11.9 Å². The first-order chi connectivity index (χ1) is 9.19. The Morgan fingerprint density at radius 3 is 2.47 bits per heavy atom. The number of hydrogen-bond acceptors (Lipinski definition) is 2. The van der Waals surface area contributed by atoms with E-state index in [0.717, 1.165) is 18.0 Å². The molecule has 0 aliphatic carbocycles. The average Bonchev–Trinajstić information content (AvgIpc) is 2.41. The number of benzene rings is 2. The molecule has 100 valence electrons. The summed E-state index contributed by atoms with van der Waals surface area (Å²) in [6.07, 6.45) is 0. The highest BCUT2D eigenvalue weighted by atomic mass is 35.5. The van der Waals surface area contributed by atoms with Crippen LogP contribution >= 0.6 is 11.6 Å². The van der Waals surface area contributed by atoms with Gasteiger partial charge in [-0.1, -0.05) is 41.4 Å². The van der Waals surface area contributed by atoms with E-state index in [4.69, 9.17) is 16.3 Å². The summed E-state index contributed by atoms with van der Waals surface area (Å²) in [7, 11) is 0. The van der Waals surface area contributed by atoms with E-state index in [2.05, 4.69) is 36.5 Å². The number of nitrogens with one attached hydrogen (secondary N) is 1. The Balaban J connectivity index is 1.99. The minimum absolute atomic E-state index is 0.621. The van der Waals surface area contributed by atoms with E-state index in [9.17, 15) is 0 Å². The SMILES string of the molecule is CCOc1ccc(NCc2ccc(C)cc2)cc1Cl. The number of halogens is 1. The van der Waals surface area contributed by atoms with E-state index in [1.165, 1.54) is 11.1 Å². The third-order valence-corrected chi connectivity index (χ3v) is 3.14. The summed E-state index contributed by atoms with van der Waals surface area (Å²) in [5.41, 5.74) is 3.51. The van der Waals surface area contributed by atoms with E-state index < -0.39 is 0 Å². The maximum absolute atomic E-state index is 6.15. The van der Waals surface area contributed by atoms with E-state index in [-0.39, 0.29) is 0 Å². The number of ether oxygens (including phenoxy) is 1. The van der Waals surface area contributed by atoms with Crippen molar-refractivity contribution in [3.8, 4) is 5.75 Å². The summed E-state index contributed by atoms with van der Waals surface area (Å²) in [5, 5.41) is 3.99. The molecule has 2 rings (SSSR count). The fourth-order valence-electron chi connectivity index (χ4n) is 1.79. The van der Waals surface area contributed by atoms with Gasteiger partial charge in [0.1, 0.15) is 5.75 Å². The lowest BCUT2D eigenvalue weighted by molar-refractivity contribution is 0.340. The fourth-order valence-corrected chi connectivity index (χ4v) is 2.03. The number of aryl methyl sites for hydroxylation is 1. The highest BCUT2D eigenvalue weighted by Gasteiger charge is 2.02. The maximum atomic E-state index is 6.15. The summed E-state index contributed by atoms with van der Waals surface area (Å²) in [4.78, 5) is 0. The molecule has 0 fully saturated rings. The van der Waals surface area contributed by atoms with Gasteiger partial charge in [-0.05, 0) is 37.6 Å². The van der Waals surface area contributed by atoms with Crippen LogP contribution in [-0.4, -0.2) is 6.61 Å². The molecule has 0 saturated heterocycles. The van der Waals surface area contributed by atoms with Crippen molar-refractivity contribution in [3.63, 3.8) is 0 Å². The van der Waals surface area contributed by atoms with Gasteiger partial charge >= 0.3 is 0 Å². The maximum Gasteiger partial charge on any atom is 0.138 e. The van der Waals surface area contributed by atoms with Crippen LogP contribution in [0.2, 0.25) is 5.02 Å². The van der Waals surface area contributed by atoms with Crippen LogP contribution in [0, 0.1) is 6.92 Å². The summed E-state index contributed by atoms with van der Waals surface area (Å²) >= 11 is 6.15. The molecule has 0 atom stereocenters. The van der Waals surface area contributed by atoms with Crippen LogP contribution in [0.25, 0.3) is 0 Å². The van der Waals surface area contributed by atoms with Gasteiger partial charge in [0.25, 0.3) is 0 Å². The van der Waals surface area contributed by atoms with Crippen LogP contribution in [0.3, 0.4) is 0 Å². The van der Waals surface area contributed by atoms with Gasteiger partial charge in [-0.2, -0.15) is 0 Å². The molecule has 2 aromatic carbocycles. The Hall–Kier alpha value is -1.67. The monoisotopic (exact) mass is 275 g/mol. The summed E-state index contributed by atoms with van der Waals surface area (Å²) in [5.74, 6) is 0.727. The Morgan fingerprint density at radius 2 is 1.84 bits per heavy atom. The molecular weight excluding hydrogens is 258 g/mol. The third-order valence-electron chi connectivity index (χ3n) is 2.85. The van der Waals surface area contributed by atoms with Crippen LogP contribution in [0.4, 0.5) is 5.69 Å². The zero-order valence-corrected chi connectivity index (χ0v) is 12.0. The van der Waals surface area contributed by atoms with Crippen LogP contribution in [0.1, 0.15) is 18.1 Å². The van der Waals surface area contributed by atoms with Crippen molar-refractivity contribution in [2.24, 2.45) is 0 Å². The first-order valence-electron chi connectivity index (χ1n) is 6.41. The van der Waals surface area contributed by atoms with Gasteiger partial charge in [-0.15, -0.1) is 0 Å². The Kier molecular flexibility index (Phi) is 4.69. The summed E-state index contributed by atoms with van der Waals surface area (Å²) in [6, 6.07) is 14.2. The number of rotatable bonds is 5. The van der Waals surface area contributed by atoms with E-state index in [0.29, 0.717) is 11.6 Å². The Morgan fingerprint density at radius 1 is 1.11 bits per heavy atom. The first kappa shape index (κ1) is 13.8. The smallest absolute Gasteiger partial charge is 0.138 e. The van der Waals surface area contributed by atoms with Crippen LogP contribution < -0.4 is 10.1 Å². The molecule has 0 aromatic heterocycles. The molecule has 0 aliphatic rings. The van der Waals surface area contributed by atoms with Gasteiger partial charge in [0.2, 0.25) is 0 Å². The van der Waals surface area contributed by atoms with Crippen LogP contribution in [0.5, 0.6) is 5.75 Å². The lowest BCUT2D eigenvalue weighted by Crippen LogP contribution is -2.00. The second kappa shape index (κ2) is 6.48. The standard InChI is InChI=1S/C16H18ClNO/c1-3-19-16-9-8-14(10-15(16)17)18-11-13-6-4-12(2)5-7-13/h4-10,18H,3,11H2,1-2H3. The van der Waals surface area contributed by atoms with Gasteiger partial charge in [-0.25, -0.2) is 0 Å². The molecule has 0 saturated carbocycles. The molecule has 0 heterocycles. The lowest BCUT2D eigenvalue weighted by Gasteiger charge is -2.10. The van der Waals surface area contributed by atoms with Gasteiger partial charge in [0, 0.05) is 12.2 Å². The molecule has 2 nitrogen and oxygen atoms in total. The predicted octanol–water partition coefficient (Wildman–Crippen LogP) is 4.66. The normalized spacial score (nSPS) is 10.3. The van der Waals surface area contributed by atoms with Crippen molar-refractivity contribution in [2.45, 2.75) is 20.4 Å². The topological polar surface area (TPSA) is 21.3 Å². The summed E-state index contributed by atoms with van der Waals surface area (Å²) in [6.45, 7) is 5.43. The second-order valence-corrected chi connectivity index (χ2v) is 4.82. The van der Waals surface area contributed by atoms with Gasteiger partial charge in [-0.3, -0.25) is 0 Å². The molecule has 3 heteroatoms. The molecule has 1 N–H and O–H groups in total. The quantitative estimate of drug-likeness (QED) is 0.857. The van der Waals surface area contributed by atoms with Crippen LogP contribution in [-0.2, 0) is 6.54 Å². The average molecular weight is 276 g/mol. The van der Waals surface area contributed by atoms with Crippen molar-refractivity contribution < 1.29 is 4.74 Å². The van der Waals surface area contributed by atoms with Gasteiger partial charge in [0.05, 0.1) is 11.6 Å². The minimum Gasteiger partial charge on any atom is -0.492 e. The van der Waals surface area contributed by atoms with Crippen LogP contribution in [0.15, 0.2) is 42.5 Å². The highest BCUT2D eigenvalue weighted by Crippen LogP contribution is 2.27. The lowest BCUT2D eigenvalue weighted by atomic mass is 10.1. The highest BCUT2D eigenvalue weighted by molar-refractivity contribution is 6.32. The molecule has 0 bridgehead atoms. The van der Waals surface area contributed by atoms with Gasteiger partial charge < -0.3 is 10.1 Å². The molecule has 0 amide bonds. The Labute approximate surface area is 119 Å². The molecule has 0 aliphatic heterocycles. The second-order valence-electron chi connectivity index (χ2n) is 4.42. The minimum atomic E-state index is 0.621. The van der Waals surface area contributed by atoms with E-state index >= 15 is 0 Å². The van der Waals surface area contributed by atoms with Crippen molar-refractivity contribution in [1.82, 2.24) is 0 Å². The molecule has 0 radical (unpaired) electrons. The van der Waals surface area contributed by atoms with Gasteiger partial charge in [0.15, 0.2) is 0 Å². The zero-order valence-electron chi connectivity index (χ0n) is 11.2. The molecule has 0 unspecified atom stereocenters. The van der Waals surface area contributed by atoms with E-state index in [1.807, 2.05) is 25.1 Å².